The van der Waals surface area contributed by atoms with E-state index in [1.54, 1.807) is 4.90 Å². The molecule has 2 fully saturated rings. The van der Waals surface area contributed by atoms with Gasteiger partial charge in [-0.25, -0.2) is 9.59 Å². The van der Waals surface area contributed by atoms with E-state index < -0.39 is 11.5 Å². The number of rotatable bonds is 2. The fourth-order valence-electron chi connectivity index (χ4n) is 3.19. The maximum Gasteiger partial charge on any atom is 0.329 e. The third-order valence-electron chi connectivity index (χ3n) is 4.45. The summed E-state index contributed by atoms with van der Waals surface area (Å²) in [5.74, 6) is -0.906. The number of hydrogen-bond donors (Lipinski definition) is 2. The number of amides is 2. The van der Waals surface area contributed by atoms with Gasteiger partial charge in [-0.15, -0.1) is 0 Å². The standard InChI is InChI=1S/C15H26N2O4/c1-12-11-17(9-6-10-21-12)14(20)16-15(13(18)19)7-4-2-3-5-8-15/h12H,2-11H2,1H3,(H,16,20)(H,18,19). The molecule has 21 heavy (non-hydrogen) atoms. The number of aliphatic carboxylic acids is 1. The van der Waals surface area contributed by atoms with Crippen molar-refractivity contribution in [3.8, 4) is 0 Å². The van der Waals surface area contributed by atoms with Crippen LogP contribution in [-0.4, -0.2) is 53.3 Å². The minimum Gasteiger partial charge on any atom is -0.480 e. The van der Waals surface area contributed by atoms with Crippen LogP contribution in [0.25, 0.3) is 0 Å². The minimum absolute atomic E-state index is 0.00633. The lowest BCUT2D eigenvalue weighted by Crippen LogP contribution is -2.58. The van der Waals surface area contributed by atoms with E-state index in [1.807, 2.05) is 6.92 Å². The van der Waals surface area contributed by atoms with Crippen molar-refractivity contribution >= 4 is 12.0 Å². The summed E-state index contributed by atoms with van der Waals surface area (Å²) in [5.41, 5.74) is -1.09. The summed E-state index contributed by atoms with van der Waals surface area (Å²) in [4.78, 5) is 25.9. The molecule has 2 rings (SSSR count). The SMILES string of the molecule is CC1CN(C(=O)NC2(C(=O)O)CCCCCC2)CCCO1. The lowest BCUT2D eigenvalue weighted by molar-refractivity contribution is -0.145. The molecule has 0 spiro atoms. The Balaban J connectivity index is 2.05. The molecule has 0 bridgehead atoms. The van der Waals surface area contributed by atoms with E-state index in [1.165, 1.54) is 0 Å². The molecule has 0 aromatic carbocycles. The molecule has 2 aliphatic rings. The smallest absolute Gasteiger partial charge is 0.329 e. The second kappa shape index (κ2) is 7.11. The van der Waals surface area contributed by atoms with Crippen molar-refractivity contribution in [3.63, 3.8) is 0 Å². The molecule has 2 amide bonds. The molecule has 6 nitrogen and oxygen atoms in total. The van der Waals surface area contributed by atoms with Crippen molar-refractivity contribution in [1.82, 2.24) is 10.2 Å². The summed E-state index contributed by atoms with van der Waals surface area (Å²) in [7, 11) is 0. The monoisotopic (exact) mass is 298 g/mol. The maximum atomic E-state index is 12.5. The summed E-state index contributed by atoms with van der Waals surface area (Å²) in [6.07, 6.45) is 5.62. The summed E-state index contributed by atoms with van der Waals surface area (Å²) in [6, 6.07) is -0.267. The van der Waals surface area contributed by atoms with E-state index in [0.717, 1.165) is 32.1 Å². The Labute approximate surface area is 125 Å². The van der Waals surface area contributed by atoms with Gasteiger partial charge in [0.25, 0.3) is 0 Å². The lowest BCUT2D eigenvalue weighted by atomic mass is 9.90. The number of carbonyl (C=O) groups excluding carboxylic acids is 1. The van der Waals surface area contributed by atoms with Crippen LogP contribution in [0.1, 0.15) is 51.9 Å². The highest BCUT2D eigenvalue weighted by Crippen LogP contribution is 2.28. The third-order valence-corrected chi connectivity index (χ3v) is 4.45. The first-order valence-electron chi connectivity index (χ1n) is 7.96. The van der Waals surface area contributed by atoms with Crippen molar-refractivity contribution in [1.29, 1.82) is 0 Å². The molecule has 1 atom stereocenters. The first-order chi connectivity index (χ1) is 10.0. The molecule has 120 valence electrons. The Morgan fingerprint density at radius 3 is 2.48 bits per heavy atom. The van der Waals surface area contributed by atoms with E-state index in [0.29, 0.717) is 32.5 Å². The molecular formula is C15H26N2O4. The van der Waals surface area contributed by atoms with Crippen molar-refractivity contribution in [2.24, 2.45) is 0 Å². The van der Waals surface area contributed by atoms with Crippen LogP contribution < -0.4 is 5.32 Å². The highest BCUT2D eigenvalue weighted by atomic mass is 16.5. The quantitative estimate of drug-likeness (QED) is 0.764. The number of urea groups is 1. The van der Waals surface area contributed by atoms with Gasteiger partial charge in [0.05, 0.1) is 6.10 Å². The van der Waals surface area contributed by atoms with Gasteiger partial charge in [-0.3, -0.25) is 0 Å². The molecular weight excluding hydrogens is 272 g/mol. The molecule has 0 aromatic rings. The fourth-order valence-corrected chi connectivity index (χ4v) is 3.19. The van der Waals surface area contributed by atoms with E-state index in [9.17, 15) is 14.7 Å². The largest absolute Gasteiger partial charge is 0.480 e. The number of nitrogens with one attached hydrogen (secondary N) is 1. The second-order valence-electron chi connectivity index (χ2n) is 6.21. The highest BCUT2D eigenvalue weighted by Gasteiger charge is 2.41. The summed E-state index contributed by atoms with van der Waals surface area (Å²) in [6.45, 7) is 3.71. The molecule has 1 unspecified atom stereocenters. The van der Waals surface area contributed by atoms with Gasteiger partial charge in [-0.05, 0) is 26.2 Å². The van der Waals surface area contributed by atoms with E-state index in [4.69, 9.17) is 4.74 Å². The number of carbonyl (C=O) groups is 2. The first-order valence-corrected chi connectivity index (χ1v) is 7.96. The zero-order valence-corrected chi connectivity index (χ0v) is 12.8. The average molecular weight is 298 g/mol. The Hall–Kier alpha value is -1.30. The molecule has 1 saturated carbocycles. The second-order valence-corrected chi connectivity index (χ2v) is 6.21. The predicted octanol–water partition coefficient (Wildman–Crippen LogP) is 1.98. The van der Waals surface area contributed by atoms with Crippen molar-refractivity contribution in [2.45, 2.75) is 63.5 Å². The normalized spacial score (nSPS) is 26.5. The predicted molar refractivity (Wildman–Crippen MR) is 78.2 cm³/mol. The Morgan fingerprint density at radius 2 is 1.86 bits per heavy atom. The van der Waals surface area contributed by atoms with Crippen LogP contribution in [0.3, 0.4) is 0 Å². The van der Waals surface area contributed by atoms with Crippen LogP contribution in [0.2, 0.25) is 0 Å². The summed E-state index contributed by atoms with van der Waals surface area (Å²) < 4.78 is 5.53. The Bertz CT molecular complexity index is 378. The van der Waals surface area contributed by atoms with E-state index in [-0.39, 0.29) is 12.1 Å². The van der Waals surface area contributed by atoms with Gasteiger partial charge in [0.2, 0.25) is 0 Å². The number of carboxylic acid groups (broad SMARTS) is 1. The summed E-state index contributed by atoms with van der Waals surface area (Å²) >= 11 is 0. The van der Waals surface area contributed by atoms with E-state index >= 15 is 0 Å². The number of ether oxygens (including phenoxy) is 1. The topological polar surface area (TPSA) is 78.9 Å². The fraction of sp³-hybridized carbons (Fsp3) is 0.867. The van der Waals surface area contributed by atoms with Crippen LogP contribution in [0.5, 0.6) is 0 Å². The van der Waals surface area contributed by atoms with Gasteiger partial charge in [0, 0.05) is 19.7 Å². The zero-order chi connectivity index (χ0) is 15.3. The summed E-state index contributed by atoms with van der Waals surface area (Å²) in [5, 5.41) is 12.4. The number of hydrogen-bond acceptors (Lipinski definition) is 3. The number of carboxylic acids is 1. The molecule has 1 aliphatic heterocycles. The van der Waals surface area contributed by atoms with Gasteiger partial charge in [-0.2, -0.15) is 0 Å². The van der Waals surface area contributed by atoms with Gasteiger partial charge >= 0.3 is 12.0 Å². The van der Waals surface area contributed by atoms with Gasteiger partial charge in [-0.1, -0.05) is 25.7 Å². The zero-order valence-electron chi connectivity index (χ0n) is 12.8. The lowest BCUT2D eigenvalue weighted by Gasteiger charge is -2.32. The molecule has 2 N–H and O–H groups in total. The van der Waals surface area contributed by atoms with Crippen LogP contribution in [0.15, 0.2) is 0 Å². The molecule has 0 aromatic heterocycles. The molecule has 0 radical (unpaired) electrons. The minimum atomic E-state index is -1.09. The van der Waals surface area contributed by atoms with Crippen molar-refractivity contribution in [2.75, 3.05) is 19.7 Å². The van der Waals surface area contributed by atoms with Crippen molar-refractivity contribution in [3.05, 3.63) is 0 Å². The molecule has 6 heteroatoms. The maximum absolute atomic E-state index is 12.5. The molecule has 1 heterocycles. The van der Waals surface area contributed by atoms with Crippen LogP contribution in [-0.2, 0) is 9.53 Å². The van der Waals surface area contributed by atoms with Crippen LogP contribution >= 0.6 is 0 Å². The van der Waals surface area contributed by atoms with Gasteiger partial charge in [0.1, 0.15) is 5.54 Å². The van der Waals surface area contributed by atoms with Crippen LogP contribution in [0.4, 0.5) is 4.79 Å². The van der Waals surface area contributed by atoms with Gasteiger partial charge < -0.3 is 20.1 Å². The molecule has 1 aliphatic carbocycles. The van der Waals surface area contributed by atoms with Crippen LogP contribution in [0, 0.1) is 0 Å². The van der Waals surface area contributed by atoms with E-state index in [2.05, 4.69) is 5.32 Å². The Morgan fingerprint density at radius 1 is 1.19 bits per heavy atom. The number of nitrogens with zero attached hydrogens (tertiary/aromatic N) is 1. The Kier molecular flexibility index (Phi) is 5.45. The first kappa shape index (κ1) is 16.1. The van der Waals surface area contributed by atoms with Gasteiger partial charge in [0.15, 0.2) is 0 Å². The molecule has 1 saturated heterocycles. The highest BCUT2D eigenvalue weighted by molar-refractivity contribution is 5.86. The third kappa shape index (κ3) is 4.09. The average Bonchev–Trinajstić information content (AvgIpc) is 2.80. The van der Waals surface area contributed by atoms with Crippen molar-refractivity contribution < 1.29 is 19.4 Å².